The number of nitrogens with zero attached hydrogens (tertiary/aromatic N) is 1. The van der Waals surface area contributed by atoms with Crippen molar-refractivity contribution in [2.45, 2.75) is 38.6 Å². The highest BCUT2D eigenvalue weighted by Crippen LogP contribution is 2.27. The Morgan fingerprint density at radius 3 is 2.67 bits per heavy atom. The van der Waals surface area contributed by atoms with Gasteiger partial charge >= 0.3 is 0 Å². The van der Waals surface area contributed by atoms with E-state index in [0.717, 1.165) is 18.5 Å². The Morgan fingerprint density at radius 2 is 2.08 bits per heavy atom. The predicted octanol–water partition coefficient (Wildman–Crippen LogP) is 2.75. The monoisotopic (exact) mass is 373 g/mol. The van der Waals surface area contributed by atoms with Crippen LogP contribution >= 0.6 is 24.0 Å². The van der Waals surface area contributed by atoms with E-state index in [0.29, 0.717) is 24.5 Å². The number of nitrogens with one attached hydrogen (secondary N) is 1. The maximum atomic E-state index is 12.5. The van der Waals surface area contributed by atoms with Gasteiger partial charge < -0.3 is 16.0 Å². The molecule has 1 aliphatic rings. The number of nitrogens with two attached hydrogens (primary N) is 1. The number of anilines is 1. The highest BCUT2D eigenvalue weighted by molar-refractivity contribution is 6.31. The lowest BCUT2D eigenvalue weighted by atomic mass is 9.94. The maximum Gasteiger partial charge on any atom is 0.239 e. The van der Waals surface area contributed by atoms with Gasteiger partial charge in [-0.3, -0.25) is 9.59 Å². The van der Waals surface area contributed by atoms with E-state index in [1.54, 1.807) is 23.1 Å². The lowest BCUT2D eigenvalue weighted by Crippen LogP contribution is -2.51. The number of halogens is 2. The second kappa shape index (κ2) is 8.70. The van der Waals surface area contributed by atoms with Gasteiger partial charge in [0.1, 0.15) is 5.92 Å². The van der Waals surface area contributed by atoms with Crippen LogP contribution in [0.3, 0.4) is 0 Å². The first-order valence-electron chi connectivity index (χ1n) is 8.03. The molecule has 1 atom stereocenters. The third-order valence-electron chi connectivity index (χ3n) is 4.66. The van der Waals surface area contributed by atoms with Crippen LogP contribution in [0.15, 0.2) is 24.3 Å². The van der Waals surface area contributed by atoms with Crippen molar-refractivity contribution in [2.24, 2.45) is 11.7 Å². The SMILES string of the molecule is CCC(N)(CC)CNC(=O)C1CCN(c2cccc(Cl)c2)C1=O.Cl. The van der Waals surface area contributed by atoms with E-state index in [4.69, 9.17) is 17.3 Å². The van der Waals surface area contributed by atoms with E-state index in [1.807, 2.05) is 19.9 Å². The number of rotatable bonds is 6. The molecule has 1 heterocycles. The maximum absolute atomic E-state index is 12.5. The molecule has 3 N–H and O–H groups in total. The van der Waals surface area contributed by atoms with Crippen molar-refractivity contribution in [1.82, 2.24) is 5.32 Å². The minimum atomic E-state index is -0.646. The second-order valence-corrected chi connectivity index (χ2v) is 6.53. The zero-order valence-electron chi connectivity index (χ0n) is 14.0. The Kier molecular flexibility index (Phi) is 7.52. The molecule has 0 saturated carbocycles. The van der Waals surface area contributed by atoms with E-state index < -0.39 is 11.5 Å². The zero-order valence-corrected chi connectivity index (χ0v) is 15.6. The third-order valence-corrected chi connectivity index (χ3v) is 4.90. The number of hydrogen-bond donors (Lipinski definition) is 2. The summed E-state index contributed by atoms with van der Waals surface area (Å²) in [6.45, 7) is 4.90. The van der Waals surface area contributed by atoms with Crippen molar-refractivity contribution < 1.29 is 9.59 Å². The summed E-state index contributed by atoms with van der Waals surface area (Å²) in [5.41, 5.74) is 6.51. The highest BCUT2D eigenvalue weighted by atomic mass is 35.5. The third kappa shape index (κ3) is 4.62. The van der Waals surface area contributed by atoms with Gasteiger partial charge in [0, 0.05) is 29.3 Å². The zero-order chi connectivity index (χ0) is 17.0. The van der Waals surface area contributed by atoms with Crippen LogP contribution in [0.1, 0.15) is 33.1 Å². The predicted molar refractivity (Wildman–Crippen MR) is 99.7 cm³/mol. The Balaban J connectivity index is 0.00000288. The molecule has 5 nitrogen and oxygen atoms in total. The van der Waals surface area contributed by atoms with E-state index >= 15 is 0 Å². The molecule has 2 amide bonds. The Bertz CT molecular complexity index is 591. The van der Waals surface area contributed by atoms with Gasteiger partial charge in [-0.1, -0.05) is 31.5 Å². The first-order chi connectivity index (χ1) is 10.9. The van der Waals surface area contributed by atoms with Crippen LogP contribution in [0.2, 0.25) is 5.02 Å². The fraction of sp³-hybridized carbons (Fsp3) is 0.529. The summed E-state index contributed by atoms with van der Waals surface area (Å²) in [5.74, 6) is -1.07. The van der Waals surface area contributed by atoms with Crippen molar-refractivity contribution in [1.29, 1.82) is 0 Å². The number of benzene rings is 1. The molecule has 0 bridgehead atoms. The Hall–Kier alpha value is -1.30. The molecule has 1 aromatic carbocycles. The Labute approximate surface area is 154 Å². The topological polar surface area (TPSA) is 75.4 Å². The lowest BCUT2D eigenvalue weighted by molar-refractivity contribution is -0.132. The van der Waals surface area contributed by atoms with Crippen molar-refractivity contribution in [3.63, 3.8) is 0 Å². The number of carbonyl (C=O) groups is 2. The smallest absolute Gasteiger partial charge is 0.239 e. The Morgan fingerprint density at radius 1 is 1.42 bits per heavy atom. The van der Waals surface area contributed by atoms with Crippen molar-refractivity contribution in [3.8, 4) is 0 Å². The molecule has 24 heavy (non-hydrogen) atoms. The lowest BCUT2D eigenvalue weighted by Gasteiger charge is -2.27. The van der Waals surface area contributed by atoms with Crippen molar-refractivity contribution in [3.05, 3.63) is 29.3 Å². The first kappa shape index (κ1) is 20.7. The molecule has 1 unspecified atom stereocenters. The summed E-state index contributed by atoms with van der Waals surface area (Å²) in [5, 5.41) is 3.41. The van der Waals surface area contributed by atoms with Gasteiger partial charge in [0.2, 0.25) is 11.8 Å². The minimum absolute atomic E-state index is 0. The summed E-state index contributed by atoms with van der Waals surface area (Å²) in [7, 11) is 0. The number of hydrogen-bond acceptors (Lipinski definition) is 3. The van der Waals surface area contributed by atoms with Crippen LogP contribution in [0, 0.1) is 5.92 Å². The molecule has 1 aliphatic heterocycles. The van der Waals surface area contributed by atoms with Gasteiger partial charge in [-0.2, -0.15) is 0 Å². The fourth-order valence-corrected chi connectivity index (χ4v) is 2.89. The van der Waals surface area contributed by atoms with Gasteiger partial charge in [-0.05, 0) is 37.5 Å². The molecule has 1 saturated heterocycles. The van der Waals surface area contributed by atoms with Crippen LogP contribution < -0.4 is 16.0 Å². The van der Waals surface area contributed by atoms with Crippen LogP contribution in [0.25, 0.3) is 0 Å². The van der Waals surface area contributed by atoms with Crippen LogP contribution in [0.5, 0.6) is 0 Å². The summed E-state index contributed by atoms with van der Waals surface area (Å²) >= 11 is 5.97. The highest BCUT2D eigenvalue weighted by Gasteiger charge is 2.38. The van der Waals surface area contributed by atoms with Crippen molar-refractivity contribution >= 4 is 41.5 Å². The molecule has 7 heteroatoms. The molecule has 0 aliphatic carbocycles. The molecule has 0 aromatic heterocycles. The van der Waals surface area contributed by atoms with Gasteiger partial charge in [0.15, 0.2) is 0 Å². The summed E-state index contributed by atoms with van der Waals surface area (Å²) in [6, 6.07) is 7.11. The summed E-state index contributed by atoms with van der Waals surface area (Å²) in [4.78, 5) is 26.5. The fourth-order valence-electron chi connectivity index (χ4n) is 2.71. The molecular formula is C17H25Cl2N3O2. The molecular weight excluding hydrogens is 349 g/mol. The van der Waals surface area contributed by atoms with E-state index in [-0.39, 0.29) is 24.2 Å². The summed E-state index contributed by atoms with van der Waals surface area (Å²) < 4.78 is 0. The minimum Gasteiger partial charge on any atom is -0.354 e. The largest absolute Gasteiger partial charge is 0.354 e. The van der Waals surface area contributed by atoms with Crippen molar-refractivity contribution in [2.75, 3.05) is 18.0 Å². The number of carbonyl (C=O) groups excluding carboxylic acids is 2. The van der Waals surface area contributed by atoms with E-state index in [2.05, 4.69) is 5.32 Å². The molecule has 0 spiro atoms. The van der Waals surface area contributed by atoms with Gasteiger partial charge in [-0.15, -0.1) is 12.4 Å². The van der Waals surface area contributed by atoms with Gasteiger partial charge in [0.05, 0.1) is 0 Å². The van der Waals surface area contributed by atoms with Crippen LogP contribution in [-0.2, 0) is 9.59 Å². The van der Waals surface area contributed by atoms with Crippen LogP contribution in [0.4, 0.5) is 5.69 Å². The molecule has 134 valence electrons. The normalized spacial score (nSPS) is 17.6. The average molecular weight is 374 g/mol. The van der Waals surface area contributed by atoms with Gasteiger partial charge in [0.25, 0.3) is 0 Å². The second-order valence-electron chi connectivity index (χ2n) is 6.10. The standard InChI is InChI=1S/C17H24ClN3O2.ClH/c1-3-17(19,4-2)11-20-15(22)14-8-9-21(16(14)23)13-7-5-6-12(18)10-13;/h5-7,10,14H,3-4,8-9,11,19H2,1-2H3,(H,20,22);1H. The first-order valence-corrected chi connectivity index (χ1v) is 8.41. The molecule has 1 aromatic rings. The molecule has 1 fully saturated rings. The molecule has 0 radical (unpaired) electrons. The molecule has 2 rings (SSSR count). The van der Waals surface area contributed by atoms with E-state index in [1.165, 1.54) is 0 Å². The average Bonchev–Trinajstić information content (AvgIpc) is 2.94. The van der Waals surface area contributed by atoms with Crippen LogP contribution in [-0.4, -0.2) is 30.4 Å². The van der Waals surface area contributed by atoms with E-state index in [9.17, 15) is 9.59 Å². The number of amides is 2. The quantitative estimate of drug-likeness (QED) is 0.752. The summed E-state index contributed by atoms with van der Waals surface area (Å²) in [6.07, 6.45) is 2.06. The van der Waals surface area contributed by atoms with Gasteiger partial charge in [-0.25, -0.2) is 0 Å².